The third-order valence-corrected chi connectivity index (χ3v) is 6.97. The van der Waals surface area contributed by atoms with Gasteiger partial charge in [0.2, 0.25) is 0 Å². The summed E-state index contributed by atoms with van der Waals surface area (Å²) in [7, 11) is 0. The number of carboxylic acids is 1. The van der Waals surface area contributed by atoms with E-state index in [2.05, 4.69) is 18.4 Å². The van der Waals surface area contributed by atoms with Gasteiger partial charge in [0.15, 0.2) is 5.78 Å². The first-order valence-electron chi connectivity index (χ1n) is 11.1. The number of carboxylic acid groups (broad SMARTS) is 1. The predicted octanol–water partition coefficient (Wildman–Crippen LogP) is 2.68. The van der Waals surface area contributed by atoms with Crippen molar-refractivity contribution in [3.05, 3.63) is 82.4 Å². The largest absolute Gasteiger partial charge is 1.00 e. The van der Waals surface area contributed by atoms with E-state index in [1.165, 1.54) is 10.5 Å². The second kappa shape index (κ2) is 12.8. The van der Waals surface area contributed by atoms with Crippen LogP contribution in [0.2, 0.25) is 5.02 Å². The average Bonchev–Trinajstić information content (AvgIpc) is 2.84. The van der Waals surface area contributed by atoms with E-state index in [9.17, 15) is 14.7 Å². The third-order valence-electron chi connectivity index (χ3n) is 5.83. The minimum Gasteiger partial charge on any atom is -0.549 e. The molecule has 5 nitrogen and oxygen atoms in total. The van der Waals surface area contributed by atoms with Crippen LogP contribution in [0.25, 0.3) is 0 Å². The van der Waals surface area contributed by atoms with Gasteiger partial charge in [-0.3, -0.25) is 4.79 Å². The van der Waals surface area contributed by atoms with Gasteiger partial charge in [-0.25, -0.2) is 0 Å². The van der Waals surface area contributed by atoms with E-state index in [0.717, 1.165) is 12.8 Å². The number of benzene rings is 3. The molecule has 4 rings (SSSR count). The van der Waals surface area contributed by atoms with Crippen LogP contribution in [0.5, 0.6) is 17.2 Å². The van der Waals surface area contributed by atoms with Crippen molar-refractivity contribution in [2.45, 2.75) is 36.5 Å². The summed E-state index contributed by atoms with van der Waals surface area (Å²) in [4.78, 5) is 25.3. The van der Waals surface area contributed by atoms with Gasteiger partial charge >= 0.3 is 29.6 Å². The van der Waals surface area contributed by atoms with Crippen LogP contribution in [-0.4, -0.2) is 24.6 Å². The van der Waals surface area contributed by atoms with Gasteiger partial charge in [-0.1, -0.05) is 29.8 Å². The number of aliphatic carboxylic acids is 1. The van der Waals surface area contributed by atoms with E-state index in [4.69, 9.17) is 21.1 Å². The molecule has 35 heavy (non-hydrogen) atoms. The number of halogens is 1. The van der Waals surface area contributed by atoms with E-state index in [0.29, 0.717) is 41.2 Å². The van der Waals surface area contributed by atoms with E-state index in [-0.39, 0.29) is 47.0 Å². The van der Waals surface area contributed by atoms with E-state index >= 15 is 0 Å². The molecule has 0 fully saturated rings. The molecule has 1 aliphatic heterocycles. The van der Waals surface area contributed by atoms with Crippen molar-refractivity contribution in [2.24, 2.45) is 0 Å². The fourth-order valence-corrected chi connectivity index (χ4v) is 4.90. The van der Waals surface area contributed by atoms with Crippen LogP contribution >= 0.6 is 23.4 Å². The van der Waals surface area contributed by atoms with Crippen molar-refractivity contribution < 1.29 is 53.7 Å². The molecule has 0 saturated carbocycles. The summed E-state index contributed by atoms with van der Waals surface area (Å²) in [5.74, 6) is -0.528. The fourth-order valence-electron chi connectivity index (χ4n) is 4.04. The second-order valence-electron chi connectivity index (χ2n) is 8.04. The summed E-state index contributed by atoms with van der Waals surface area (Å²) < 4.78 is 11.5. The number of rotatable bonds is 9. The number of hydrogen-bond acceptors (Lipinski definition) is 6. The zero-order valence-corrected chi connectivity index (χ0v) is 23.3. The Hall–Kier alpha value is -1.96. The standard InChI is InChI=1S/C27H25ClO5S.Na/c1-34-26-8-3-2-5-18(26)6-4-7-23(29)17-9-11-19(12-10-17)33-25-16-24-21(15-22(25)28)20(27(30)31)13-14-32-24;/h2-3,5,8-12,15-16,20H,4,6-7,13-14H2,1H3,(H,30,31);/q;+1/p-1. The Labute approximate surface area is 236 Å². The fraction of sp³-hybridized carbons (Fsp3) is 0.259. The SMILES string of the molecule is CSc1ccccc1CCCC(=O)c1ccc(Oc2cc3c(cc2Cl)C(C(=O)[O-])CCO3)cc1.[Na+]. The van der Waals surface area contributed by atoms with Crippen LogP contribution in [0.3, 0.4) is 0 Å². The zero-order valence-electron chi connectivity index (χ0n) is 19.7. The van der Waals surface area contributed by atoms with Crippen molar-refractivity contribution >= 4 is 35.1 Å². The molecule has 0 aromatic heterocycles. The molecule has 0 bridgehead atoms. The Kier molecular flexibility index (Phi) is 10.1. The number of fused-ring (bicyclic) bond motifs is 1. The molecule has 1 unspecified atom stereocenters. The molecule has 0 spiro atoms. The molecule has 0 saturated heterocycles. The van der Waals surface area contributed by atoms with Crippen molar-refractivity contribution in [1.82, 2.24) is 0 Å². The number of hydrogen-bond donors (Lipinski definition) is 0. The maximum atomic E-state index is 12.6. The van der Waals surface area contributed by atoms with Gasteiger partial charge in [-0.2, -0.15) is 0 Å². The topological polar surface area (TPSA) is 75.7 Å². The van der Waals surface area contributed by atoms with Crippen LogP contribution in [0, 0.1) is 0 Å². The molecular formula is C27H24ClNaO5S. The number of thioether (sulfide) groups is 1. The monoisotopic (exact) mass is 518 g/mol. The quantitative estimate of drug-likeness (QED) is 0.246. The molecule has 0 radical (unpaired) electrons. The Morgan fingerprint density at radius 1 is 1.14 bits per heavy atom. The molecule has 1 heterocycles. The molecule has 0 amide bonds. The van der Waals surface area contributed by atoms with Crippen LogP contribution < -0.4 is 44.1 Å². The van der Waals surface area contributed by atoms with E-state index in [1.54, 1.807) is 48.2 Å². The number of ketones is 1. The third kappa shape index (κ3) is 6.83. The summed E-state index contributed by atoms with van der Waals surface area (Å²) >= 11 is 8.06. The summed E-state index contributed by atoms with van der Waals surface area (Å²) in [6.45, 7) is 0.284. The minimum atomic E-state index is -1.15. The Bertz CT molecular complexity index is 1200. The number of carbonyl (C=O) groups excluding carboxylic acids is 2. The molecule has 176 valence electrons. The minimum absolute atomic E-state index is 0. The molecule has 0 aliphatic carbocycles. The molecule has 1 aliphatic rings. The summed E-state index contributed by atoms with van der Waals surface area (Å²) in [5, 5.41) is 11.7. The number of aryl methyl sites for hydroxylation is 1. The second-order valence-corrected chi connectivity index (χ2v) is 9.30. The maximum absolute atomic E-state index is 12.6. The molecule has 1 atom stereocenters. The molecule has 3 aromatic rings. The van der Waals surface area contributed by atoms with Gasteiger partial charge in [0.05, 0.1) is 11.6 Å². The molecule has 3 aromatic carbocycles. The number of Topliss-reactive ketones (excluding diaryl/α,β-unsaturated/α-hetero) is 1. The smallest absolute Gasteiger partial charge is 0.549 e. The average molecular weight is 519 g/mol. The van der Waals surface area contributed by atoms with Gasteiger partial charge in [-0.05, 0) is 67.5 Å². The Morgan fingerprint density at radius 3 is 2.60 bits per heavy atom. The Balaban J connectivity index is 0.00000342. The maximum Gasteiger partial charge on any atom is 1.00 e. The van der Waals surface area contributed by atoms with Crippen LogP contribution in [0.4, 0.5) is 0 Å². The van der Waals surface area contributed by atoms with E-state index < -0.39 is 11.9 Å². The zero-order chi connectivity index (χ0) is 24.1. The molecular weight excluding hydrogens is 495 g/mol. The number of ether oxygens (including phenoxy) is 2. The normalized spacial score (nSPS) is 14.3. The van der Waals surface area contributed by atoms with Crippen molar-refractivity contribution in [2.75, 3.05) is 12.9 Å². The van der Waals surface area contributed by atoms with Crippen molar-refractivity contribution in [1.29, 1.82) is 0 Å². The van der Waals surface area contributed by atoms with Gasteiger partial charge in [0.1, 0.15) is 17.2 Å². The van der Waals surface area contributed by atoms with Crippen LogP contribution in [-0.2, 0) is 11.2 Å². The van der Waals surface area contributed by atoms with Gasteiger partial charge < -0.3 is 19.4 Å². The first-order valence-corrected chi connectivity index (χ1v) is 12.7. The van der Waals surface area contributed by atoms with Crippen LogP contribution in [0.15, 0.2) is 65.6 Å². The van der Waals surface area contributed by atoms with Gasteiger partial charge in [0.25, 0.3) is 0 Å². The summed E-state index contributed by atoms with van der Waals surface area (Å²) in [6, 6.07) is 18.3. The first kappa shape index (κ1) is 27.6. The van der Waals surface area contributed by atoms with Crippen molar-refractivity contribution in [3.63, 3.8) is 0 Å². The first-order chi connectivity index (χ1) is 16.5. The number of carbonyl (C=O) groups is 2. The molecule has 8 heteroatoms. The summed E-state index contributed by atoms with van der Waals surface area (Å²) in [5.41, 5.74) is 2.38. The summed E-state index contributed by atoms with van der Waals surface area (Å²) in [6.07, 6.45) is 4.51. The predicted molar refractivity (Wildman–Crippen MR) is 131 cm³/mol. The van der Waals surface area contributed by atoms with Gasteiger partial charge in [-0.15, -0.1) is 11.8 Å². The van der Waals surface area contributed by atoms with Crippen molar-refractivity contribution in [3.8, 4) is 17.2 Å². The van der Waals surface area contributed by atoms with Crippen LogP contribution in [0.1, 0.15) is 46.7 Å². The Morgan fingerprint density at radius 2 is 1.89 bits per heavy atom. The molecule has 0 N–H and O–H groups in total. The van der Waals surface area contributed by atoms with Gasteiger partial charge in [0, 0.05) is 40.4 Å². The van der Waals surface area contributed by atoms with E-state index in [1.807, 2.05) is 12.1 Å².